The van der Waals surface area contributed by atoms with Gasteiger partial charge in [-0.1, -0.05) is 15.9 Å². The highest BCUT2D eigenvalue weighted by molar-refractivity contribution is 9.10. The average molecular weight is 341 g/mol. The van der Waals surface area contributed by atoms with Crippen molar-refractivity contribution in [3.05, 3.63) is 39.7 Å². The fourth-order valence-corrected chi connectivity index (χ4v) is 3.09. The minimum absolute atomic E-state index is 0.127. The van der Waals surface area contributed by atoms with Gasteiger partial charge in [0.2, 0.25) is 0 Å². The monoisotopic (exact) mass is 340 g/mol. The number of halogens is 1. The quantitative estimate of drug-likeness (QED) is 0.910. The van der Waals surface area contributed by atoms with Crippen molar-refractivity contribution in [3.63, 3.8) is 0 Å². The molecule has 0 aliphatic rings. The van der Waals surface area contributed by atoms with E-state index in [1.807, 2.05) is 26.8 Å². The fourth-order valence-electron chi connectivity index (χ4n) is 1.74. The molecule has 2 N–H and O–H groups in total. The molecule has 2 rings (SSSR count). The van der Waals surface area contributed by atoms with Gasteiger partial charge in [0.15, 0.2) is 0 Å². The Hall–Kier alpha value is -0.780. The van der Waals surface area contributed by atoms with Gasteiger partial charge >= 0.3 is 0 Å². The third-order valence-corrected chi connectivity index (χ3v) is 4.23. The van der Waals surface area contributed by atoms with E-state index in [-0.39, 0.29) is 6.04 Å². The normalized spacial score (nSPS) is 12.7. The van der Waals surface area contributed by atoms with Crippen molar-refractivity contribution >= 4 is 27.7 Å². The molecule has 5 heteroatoms. The third kappa shape index (κ3) is 3.84. The summed E-state index contributed by atoms with van der Waals surface area (Å²) in [6.07, 6.45) is 0.834. The maximum atomic E-state index is 5.90. The van der Waals surface area contributed by atoms with Gasteiger partial charge in [-0.25, -0.2) is 4.98 Å². The number of benzene rings is 1. The lowest BCUT2D eigenvalue weighted by Crippen LogP contribution is -2.18. The molecular formula is C14H17BrN2OS. The van der Waals surface area contributed by atoms with Gasteiger partial charge in [0.25, 0.3) is 5.22 Å². The van der Waals surface area contributed by atoms with Gasteiger partial charge in [0.05, 0.1) is 5.69 Å². The standard InChI is InChI=1S/C14H17BrN2OS/c1-8(16)6-11-7-12(15)4-5-13(11)19-14-17-9(2)10(3)18-14/h4-5,7-8H,6,16H2,1-3H3. The molecule has 1 heterocycles. The molecule has 1 aromatic heterocycles. The lowest BCUT2D eigenvalue weighted by Gasteiger charge is -2.10. The molecule has 0 aliphatic carbocycles. The number of hydrogen-bond acceptors (Lipinski definition) is 4. The minimum Gasteiger partial charge on any atom is -0.436 e. The summed E-state index contributed by atoms with van der Waals surface area (Å²) in [7, 11) is 0. The topological polar surface area (TPSA) is 52.0 Å². The number of oxazole rings is 1. The second kappa shape index (κ2) is 6.11. The molecule has 1 atom stereocenters. The predicted molar refractivity (Wildman–Crippen MR) is 81.6 cm³/mol. The molecule has 1 unspecified atom stereocenters. The van der Waals surface area contributed by atoms with E-state index in [0.717, 1.165) is 27.2 Å². The van der Waals surface area contributed by atoms with E-state index in [2.05, 4.69) is 33.0 Å². The highest BCUT2D eigenvalue weighted by atomic mass is 79.9. The lowest BCUT2D eigenvalue weighted by molar-refractivity contribution is 0.431. The Bertz CT molecular complexity index is 561. The van der Waals surface area contributed by atoms with Crippen molar-refractivity contribution < 1.29 is 4.42 Å². The largest absolute Gasteiger partial charge is 0.436 e. The van der Waals surface area contributed by atoms with Crippen LogP contribution in [-0.2, 0) is 6.42 Å². The lowest BCUT2D eigenvalue weighted by atomic mass is 10.1. The number of hydrogen-bond donors (Lipinski definition) is 1. The van der Waals surface area contributed by atoms with Crippen molar-refractivity contribution in [2.24, 2.45) is 5.73 Å². The molecule has 0 saturated heterocycles. The second-order valence-corrected chi connectivity index (χ2v) is 6.57. The van der Waals surface area contributed by atoms with Crippen LogP contribution in [0.25, 0.3) is 0 Å². The summed E-state index contributed by atoms with van der Waals surface area (Å²) >= 11 is 5.04. The van der Waals surface area contributed by atoms with E-state index in [1.165, 1.54) is 5.56 Å². The Morgan fingerprint density at radius 3 is 2.74 bits per heavy atom. The van der Waals surface area contributed by atoms with Gasteiger partial charge in [0, 0.05) is 15.4 Å². The summed E-state index contributed by atoms with van der Waals surface area (Å²) in [5.41, 5.74) is 8.05. The molecule has 0 fully saturated rings. The molecule has 0 bridgehead atoms. The van der Waals surface area contributed by atoms with Crippen LogP contribution in [0.5, 0.6) is 0 Å². The van der Waals surface area contributed by atoms with E-state index in [4.69, 9.17) is 10.2 Å². The fraction of sp³-hybridized carbons (Fsp3) is 0.357. The summed E-state index contributed by atoms with van der Waals surface area (Å²) in [5, 5.41) is 0.684. The van der Waals surface area contributed by atoms with Crippen LogP contribution in [0.1, 0.15) is 23.9 Å². The van der Waals surface area contributed by atoms with Crippen LogP contribution in [0.4, 0.5) is 0 Å². The van der Waals surface area contributed by atoms with Crippen molar-refractivity contribution in [1.82, 2.24) is 4.98 Å². The van der Waals surface area contributed by atoms with Crippen LogP contribution in [0, 0.1) is 13.8 Å². The second-order valence-electron chi connectivity index (χ2n) is 4.66. The van der Waals surface area contributed by atoms with E-state index < -0.39 is 0 Å². The van der Waals surface area contributed by atoms with E-state index in [9.17, 15) is 0 Å². The summed E-state index contributed by atoms with van der Waals surface area (Å²) < 4.78 is 6.68. The van der Waals surface area contributed by atoms with Gasteiger partial charge in [-0.15, -0.1) is 0 Å². The van der Waals surface area contributed by atoms with E-state index in [1.54, 1.807) is 11.8 Å². The molecule has 102 valence electrons. The Balaban J connectivity index is 2.28. The van der Waals surface area contributed by atoms with Gasteiger partial charge in [0.1, 0.15) is 5.76 Å². The van der Waals surface area contributed by atoms with Crippen LogP contribution in [0.2, 0.25) is 0 Å². The molecule has 1 aromatic carbocycles. The van der Waals surface area contributed by atoms with Gasteiger partial charge < -0.3 is 10.2 Å². The molecule has 0 aliphatic heterocycles. The average Bonchev–Trinajstić information content (AvgIpc) is 2.61. The van der Waals surface area contributed by atoms with Crippen molar-refractivity contribution in [1.29, 1.82) is 0 Å². The summed E-state index contributed by atoms with van der Waals surface area (Å²) in [6, 6.07) is 6.33. The molecule has 2 aromatic rings. The number of rotatable bonds is 4. The Labute approximate surface area is 126 Å². The molecule has 0 saturated carbocycles. The zero-order valence-corrected chi connectivity index (χ0v) is 13.6. The zero-order chi connectivity index (χ0) is 14.0. The number of nitrogens with two attached hydrogens (primary N) is 1. The van der Waals surface area contributed by atoms with Crippen molar-refractivity contribution in [2.45, 2.75) is 43.4 Å². The SMILES string of the molecule is Cc1nc(Sc2ccc(Br)cc2CC(C)N)oc1C. The van der Waals surface area contributed by atoms with Crippen molar-refractivity contribution in [3.8, 4) is 0 Å². The van der Waals surface area contributed by atoms with Gasteiger partial charge in [-0.2, -0.15) is 0 Å². The highest BCUT2D eigenvalue weighted by Crippen LogP contribution is 2.33. The van der Waals surface area contributed by atoms with Crippen molar-refractivity contribution in [2.75, 3.05) is 0 Å². The Morgan fingerprint density at radius 2 is 2.16 bits per heavy atom. The van der Waals surface area contributed by atoms with Crippen LogP contribution in [0.15, 0.2) is 37.2 Å². The van der Waals surface area contributed by atoms with Crippen LogP contribution in [-0.4, -0.2) is 11.0 Å². The molecule has 19 heavy (non-hydrogen) atoms. The van der Waals surface area contributed by atoms with Crippen LogP contribution in [0.3, 0.4) is 0 Å². The first-order valence-corrected chi connectivity index (χ1v) is 7.72. The summed E-state index contributed by atoms with van der Waals surface area (Å²) in [5.74, 6) is 0.869. The summed E-state index contributed by atoms with van der Waals surface area (Å²) in [6.45, 7) is 5.89. The van der Waals surface area contributed by atoms with E-state index >= 15 is 0 Å². The summed E-state index contributed by atoms with van der Waals surface area (Å²) in [4.78, 5) is 5.54. The smallest absolute Gasteiger partial charge is 0.261 e. The first-order valence-electron chi connectivity index (χ1n) is 6.11. The molecule has 0 spiro atoms. The Morgan fingerprint density at radius 1 is 1.42 bits per heavy atom. The van der Waals surface area contributed by atoms with Gasteiger partial charge in [-0.3, -0.25) is 0 Å². The zero-order valence-electron chi connectivity index (χ0n) is 11.2. The maximum Gasteiger partial charge on any atom is 0.261 e. The van der Waals surface area contributed by atoms with Crippen LogP contribution >= 0.6 is 27.7 Å². The van der Waals surface area contributed by atoms with E-state index in [0.29, 0.717) is 5.22 Å². The molecule has 0 radical (unpaired) electrons. The maximum absolute atomic E-state index is 5.90. The number of aromatic nitrogens is 1. The molecule has 0 amide bonds. The first-order chi connectivity index (χ1) is 8.95. The van der Waals surface area contributed by atoms with Crippen LogP contribution < -0.4 is 5.73 Å². The first kappa shape index (κ1) is 14.6. The highest BCUT2D eigenvalue weighted by Gasteiger charge is 2.12. The number of nitrogens with zero attached hydrogens (tertiary/aromatic N) is 1. The number of aryl methyl sites for hydroxylation is 2. The molecule has 3 nitrogen and oxygen atoms in total. The van der Waals surface area contributed by atoms with Gasteiger partial charge in [-0.05, 0) is 62.7 Å². The molecular weight excluding hydrogens is 324 g/mol. The Kier molecular flexibility index (Phi) is 4.71. The predicted octanol–water partition coefficient (Wildman–Crippen LogP) is 4.09. The minimum atomic E-state index is 0.127. The third-order valence-electron chi connectivity index (χ3n) is 2.77.